The molecule has 3 N–H and O–H groups in total. The molecule has 1 unspecified atom stereocenters. The highest BCUT2D eigenvalue weighted by molar-refractivity contribution is 5.87. The molecule has 1 saturated heterocycles. The van der Waals surface area contributed by atoms with Crippen molar-refractivity contribution in [1.82, 2.24) is 10.6 Å². The molecule has 178 valence electrons. The summed E-state index contributed by atoms with van der Waals surface area (Å²) in [5.74, 6) is -1.74. The van der Waals surface area contributed by atoms with Crippen LogP contribution >= 0.6 is 0 Å². The third-order valence-electron chi connectivity index (χ3n) is 6.98. The van der Waals surface area contributed by atoms with Crippen molar-refractivity contribution in [3.63, 3.8) is 0 Å². The lowest BCUT2D eigenvalue weighted by molar-refractivity contribution is -0.144. The molecule has 3 aliphatic rings. The van der Waals surface area contributed by atoms with Crippen LogP contribution < -0.4 is 10.6 Å². The van der Waals surface area contributed by atoms with Crippen LogP contribution in [0.25, 0.3) is 11.1 Å². The summed E-state index contributed by atoms with van der Waals surface area (Å²) in [6.45, 7) is 0.818. The lowest BCUT2D eigenvalue weighted by atomic mass is 9.98. The zero-order chi connectivity index (χ0) is 23.7. The Hall–Kier alpha value is -3.39. The molecule has 0 bridgehead atoms. The van der Waals surface area contributed by atoms with Gasteiger partial charge in [0.05, 0.1) is 0 Å². The molecule has 2 fully saturated rings. The normalized spacial score (nSPS) is 21.9. The lowest BCUT2D eigenvalue weighted by Crippen LogP contribution is -2.49. The number of carbonyl (C=O) groups excluding carboxylic acids is 2. The zero-order valence-electron chi connectivity index (χ0n) is 18.7. The number of hydrogen-bond donors (Lipinski definition) is 3. The first-order chi connectivity index (χ1) is 16.5. The van der Waals surface area contributed by atoms with E-state index in [2.05, 4.69) is 34.9 Å². The number of carbonyl (C=O) groups is 3. The van der Waals surface area contributed by atoms with Crippen LogP contribution in [0.15, 0.2) is 48.5 Å². The van der Waals surface area contributed by atoms with Gasteiger partial charge < -0.3 is 25.2 Å². The van der Waals surface area contributed by atoms with Crippen LogP contribution in [0, 0.1) is 11.8 Å². The van der Waals surface area contributed by atoms with E-state index >= 15 is 0 Å². The minimum atomic E-state index is -1.03. The number of carboxylic acids is 1. The second-order valence-electron chi connectivity index (χ2n) is 9.21. The molecule has 8 heteroatoms. The van der Waals surface area contributed by atoms with Crippen LogP contribution in [-0.2, 0) is 19.1 Å². The van der Waals surface area contributed by atoms with Crippen molar-refractivity contribution >= 4 is 18.0 Å². The molecule has 0 aromatic heterocycles. The van der Waals surface area contributed by atoms with Gasteiger partial charge in [-0.2, -0.15) is 0 Å². The Morgan fingerprint density at radius 3 is 2.26 bits per heavy atom. The first-order valence-corrected chi connectivity index (χ1v) is 11.8. The molecule has 3 atom stereocenters. The number of fused-ring (bicyclic) bond motifs is 3. The molecule has 2 aliphatic carbocycles. The van der Waals surface area contributed by atoms with Crippen LogP contribution in [-0.4, -0.2) is 55.0 Å². The maximum Gasteiger partial charge on any atom is 0.407 e. The molecule has 5 rings (SSSR count). The van der Waals surface area contributed by atoms with Gasteiger partial charge in [0.15, 0.2) is 0 Å². The Bertz CT molecular complexity index is 1050. The van der Waals surface area contributed by atoms with Gasteiger partial charge in [-0.1, -0.05) is 48.5 Å². The molecule has 0 spiro atoms. The van der Waals surface area contributed by atoms with Crippen LogP contribution in [0.1, 0.15) is 36.3 Å². The number of carboxylic acid groups (broad SMARTS) is 1. The topological polar surface area (TPSA) is 114 Å². The predicted molar refractivity (Wildman–Crippen MR) is 123 cm³/mol. The molecule has 0 radical (unpaired) electrons. The summed E-state index contributed by atoms with van der Waals surface area (Å²) >= 11 is 0. The van der Waals surface area contributed by atoms with E-state index in [0.29, 0.717) is 13.0 Å². The van der Waals surface area contributed by atoms with Crippen LogP contribution in [0.2, 0.25) is 0 Å². The predicted octanol–water partition coefficient (Wildman–Crippen LogP) is 2.91. The largest absolute Gasteiger partial charge is 0.480 e. The summed E-state index contributed by atoms with van der Waals surface area (Å²) in [6.07, 6.45) is 0.873. The number of nitrogens with one attached hydrogen (secondary N) is 2. The number of rotatable bonds is 8. The highest BCUT2D eigenvalue weighted by Crippen LogP contribution is 2.44. The van der Waals surface area contributed by atoms with E-state index in [4.69, 9.17) is 9.47 Å². The van der Waals surface area contributed by atoms with Crippen LogP contribution in [0.4, 0.5) is 4.79 Å². The highest BCUT2D eigenvalue weighted by atomic mass is 16.5. The standard InChI is InChI=1S/C26H28N2O6/c29-24(28-22(25(30)31)15-9-10-15)23-16(11-12-33-23)13-27-26(32)34-14-21-19-7-3-1-5-17(19)18-6-2-4-8-20(18)21/h1-8,15-16,21-23H,9-14H2,(H,27,32)(H,28,29)(H,30,31)/t16-,22?,23-/m1/s1. The fourth-order valence-electron chi connectivity index (χ4n) is 5.04. The highest BCUT2D eigenvalue weighted by Gasteiger charge is 2.41. The van der Waals surface area contributed by atoms with E-state index in [0.717, 1.165) is 35.1 Å². The molecule has 34 heavy (non-hydrogen) atoms. The van der Waals surface area contributed by atoms with Crippen molar-refractivity contribution in [2.75, 3.05) is 19.8 Å². The maximum atomic E-state index is 12.6. The number of amides is 2. The SMILES string of the molecule is O=C(NC[C@H]1CCO[C@H]1C(=O)NC(C(=O)O)C1CC1)OCC1c2ccccc2-c2ccccc21. The van der Waals surface area contributed by atoms with Gasteiger partial charge in [-0.05, 0) is 47.4 Å². The Morgan fingerprint density at radius 2 is 1.65 bits per heavy atom. The second-order valence-corrected chi connectivity index (χ2v) is 9.21. The van der Waals surface area contributed by atoms with Gasteiger partial charge in [0.25, 0.3) is 0 Å². The number of hydrogen-bond acceptors (Lipinski definition) is 5. The molecular weight excluding hydrogens is 436 g/mol. The molecule has 2 aromatic carbocycles. The number of aliphatic carboxylic acids is 1. The van der Waals surface area contributed by atoms with E-state index in [1.807, 2.05) is 24.3 Å². The van der Waals surface area contributed by atoms with E-state index in [9.17, 15) is 19.5 Å². The summed E-state index contributed by atoms with van der Waals surface area (Å²) in [5, 5.41) is 14.7. The fraction of sp³-hybridized carbons (Fsp3) is 0.423. The molecule has 1 saturated carbocycles. The molecule has 2 aromatic rings. The second kappa shape index (κ2) is 9.46. The van der Waals surface area contributed by atoms with Crippen molar-refractivity contribution in [3.8, 4) is 11.1 Å². The Kier molecular flexibility index (Phi) is 6.24. The zero-order valence-corrected chi connectivity index (χ0v) is 18.7. The lowest BCUT2D eigenvalue weighted by Gasteiger charge is -2.21. The van der Waals surface area contributed by atoms with E-state index in [-0.39, 0.29) is 30.9 Å². The number of ether oxygens (including phenoxy) is 2. The molecule has 8 nitrogen and oxygen atoms in total. The molecular formula is C26H28N2O6. The van der Waals surface area contributed by atoms with Crippen LogP contribution in [0.3, 0.4) is 0 Å². The summed E-state index contributed by atoms with van der Waals surface area (Å²) in [5.41, 5.74) is 4.60. The van der Waals surface area contributed by atoms with Gasteiger partial charge in [-0.15, -0.1) is 0 Å². The minimum Gasteiger partial charge on any atom is -0.480 e. The van der Waals surface area contributed by atoms with Gasteiger partial charge in [0.1, 0.15) is 18.8 Å². The van der Waals surface area contributed by atoms with Crippen LogP contribution in [0.5, 0.6) is 0 Å². The van der Waals surface area contributed by atoms with Crippen molar-refractivity contribution < 1.29 is 29.0 Å². The Morgan fingerprint density at radius 1 is 1.00 bits per heavy atom. The Balaban J connectivity index is 1.14. The van der Waals surface area contributed by atoms with E-state index in [1.54, 1.807) is 0 Å². The van der Waals surface area contributed by atoms with Crippen molar-refractivity contribution in [3.05, 3.63) is 59.7 Å². The summed E-state index contributed by atoms with van der Waals surface area (Å²) in [6, 6.07) is 15.4. The average molecular weight is 465 g/mol. The summed E-state index contributed by atoms with van der Waals surface area (Å²) < 4.78 is 11.1. The molecule has 2 amide bonds. The average Bonchev–Trinajstić information content (AvgIpc) is 3.48. The van der Waals surface area contributed by atoms with Crippen molar-refractivity contribution in [1.29, 1.82) is 0 Å². The summed E-state index contributed by atoms with van der Waals surface area (Å²) in [4.78, 5) is 36.5. The van der Waals surface area contributed by atoms with Gasteiger partial charge >= 0.3 is 12.1 Å². The van der Waals surface area contributed by atoms with Gasteiger partial charge in [0, 0.05) is 25.0 Å². The number of benzene rings is 2. The first-order valence-electron chi connectivity index (χ1n) is 11.8. The van der Waals surface area contributed by atoms with Gasteiger partial charge in [-0.25, -0.2) is 9.59 Å². The summed E-state index contributed by atoms with van der Waals surface area (Å²) in [7, 11) is 0. The van der Waals surface area contributed by atoms with Crippen molar-refractivity contribution in [2.24, 2.45) is 11.8 Å². The Labute approximate surface area is 197 Å². The minimum absolute atomic E-state index is 0.0137. The van der Waals surface area contributed by atoms with E-state index < -0.39 is 30.1 Å². The van der Waals surface area contributed by atoms with E-state index in [1.165, 1.54) is 0 Å². The third-order valence-corrected chi connectivity index (χ3v) is 6.98. The first kappa shape index (κ1) is 22.4. The maximum absolute atomic E-state index is 12.6. The molecule has 1 heterocycles. The third kappa shape index (κ3) is 4.50. The van der Waals surface area contributed by atoms with Gasteiger partial charge in [0.2, 0.25) is 5.91 Å². The number of alkyl carbamates (subject to hydrolysis) is 1. The van der Waals surface area contributed by atoms with Crippen molar-refractivity contribution in [2.45, 2.75) is 37.3 Å². The molecule has 1 aliphatic heterocycles. The van der Waals surface area contributed by atoms with Gasteiger partial charge in [-0.3, -0.25) is 4.79 Å². The smallest absolute Gasteiger partial charge is 0.407 e. The fourth-order valence-corrected chi connectivity index (χ4v) is 5.04. The quantitative estimate of drug-likeness (QED) is 0.554. The monoisotopic (exact) mass is 464 g/mol.